The highest BCUT2D eigenvalue weighted by Crippen LogP contribution is 2.31. The van der Waals surface area contributed by atoms with Gasteiger partial charge in [0.05, 0.1) is 16.8 Å². The first-order valence-electron chi connectivity index (χ1n) is 9.57. The van der Waals surface area contributed by atoms with E-state index in [4.69, 9.17) is 9.72 Å². The lowest BCUT2D eigenvalue weighted by atomic mass is 10.1. The largest absolute Gasteiger partial charge is 0.493 e. The Morgan fingerprint density at radius 1 is 1.14 bits per heavy atom. The van der Waals surface area contributed by atoms with E-state index in [1.165, 1.54) is 0 Å². The Labute approximate surface area is 167 Å². The lowest BCUT2D eigenvalue weighted by Gasteiger charge is -2.32. The average Bonchev–Trinajstić information content (AvgIpc) is 3.34. The number of carbonyl (C=O) groups is 1. The molecule has 28 heavy (non-hydrogen) atoms. The predicted molar refractivity (Wildman–Crippen MR) is 113 cm³/mol. The van der Waals surface area contributed by atoms with Gasteiger partial charge in [0.15, 0.2) is 5.13 Å². The second kappa shape index (κ2) is 7.07. The van der Waals surface area contributed by atoms with Gasteiger partial charge in [0, 0.05) is 43.9 Å². The predicted octanol–water partition coefficient (Wildman–Crippen LogP) is 3.24. The van der Waals surface area contributed by atoms with Crippen LogP contribution in [0.25, 0.3) is 10.2 Å². The van der Waals surface area contributed by atoms with E-state index in [9.17, 15) is 4.79 Å². The summed E-state index contributed by atoms with van der Waals surface area (Å²) < 4.78 is 6.63. The number of fused-ring (bicyclic) bond motifs is 2. The highest BCUT2D eigenvalue weighted by molar-refractivity contribution is 7.22. The Morgan fingerprint density at radius 3 is 2.86 bits per heavy atom. The molecule has 5 rings (SSSR count). The fourth-order valence-corrected chi connectivity index (χ4v) is 4.65. The lowest BCUT2D eigenvalue weighted by Crippen LogP contribution is -2.44. The maximum Gasteiger partial charge on any atom is 0.255 e. The van der Waals surface area contributed by atoms with Crippen molar-refractivity contribution in [1.82, 2.24) is 9.88 Å². The van der Waals surface area contributed by atoms with E-state index in [1.807, 2.05) is 36.4 Å². The van der Waals surface area contributed by atoms with Gasteiger partial charge >= 0.3 is 0 Å². The summed E-state index contributed by atoms with van der Waals surface area (Å²) in [5.74, 6) is 0.799. The number of ether oxygens (including phenoxy) is 1. The van der Waals surface area contributed by atoms with Gasteiger partial charge < -0.3 is 19.9 Å². The number of nitrogens with zero attached hydrogens (tertiary/aromatic N) is 3. The van der Waals surface area contributed by atoms with Crippen LogP contribution in [-0.2, 0) is 6.42 Å². The standard InChI is InChI=1S/C21H22N4O2S/c1-24-7-9-25(10-8-24)21-23-17-13-15(2-5-19(17)28-21)20(26)22-16-3-4-18-14(12-16)6-11-27-18/h2-5,12-13H,6-11H2,1H3,(H,22,26). The van der Waals surface area contributed by atoms with Gasteiger partial charge in [-0.1, -0.05) is 11.3 Å². The summed E-state index contributed by atoms with van der Waals surface area (Å²) >= 11 is 1.69. The maximum absolute atomic E-state index is 12.7. The van der Waals surface area contributed by atoms with Crippen LogP contribution in [0.4, 0.5) is 10.8 Å². The average molecular weight is 395 g/mol. The van der Waals surface area contributed by atoms with E-state index in [0.717, 1.165) is 64.9 Å². The number of amides is 1. The number of benzene rings is 2. The second-order valence-corrected chi connectivity index (χ2v) is 8.35. The van der Waals surface area contributed by atoms with Gasteiger partial charge in [0.1, 0.15) is 5.75 Å². The Hall–Kier alpha value is -2.64. The van der Waals surface area contributed by atoms with Crippen molar-refractivity contribution in [1.29, 1.82) is 0 Å². The molecule has 1 amide bonds. The molecule has 3 heterocycles. The number of rotatable bonds is 3. The number of likely N-dealkylation sites (N-methyl/N-ethyl adjacent to an activating group) is 1. The third-order valence-corrected chi connectivity index (χ3v) is 6.46. The summed E-state index contributed by atoms with van der Waals surface area (Å²) in [6, 6.07) is 11.6. The van der Waals surface area contributed by atoms with Gasteiger partial charge in [-0.3, -0.25) is 4.79 Å². The van der Waals surface area contributed by atoms with Crippen LogP contribution in [-0.4, -0.2) is 55.6 Å². The van der Waals surface area contributed by atoms with Crippen LogP contribution in [0.5, 0.6) is 5.75 Å². The van der Waals surface area contributed by atoms with Crippen LogP contribution in [0, 0.1) is 0 Å². The molecule has 1 N–H and O–H groups in total. The Bertz CT molecular complexity index is 1040. The molecular formula is C21H22N4O2S. The van der Waals surface area contributed by atoms with Crippen LogP contribution in [0.15, 0.2) is 36.4 Å². The molecule has 0 spiro atoms. The zero-order valence-electron chi connectivity index (χ0n) is 15.8. The van der Waals surface area contributed by atoms with E-state index in [1.54, 1.807) is 11.3 Å². The van der Waals surface area contributed by atoms with Crippen LogP contribution in [0.3, 0.4) is 0 Å². The summed E-state index contributed by atoms with van der Waals surface area (Å²) in [5, 5.41) is 4.03. The van der Waals surface area contributed by atoms with E-state index < -0.39 is 0 Å². The molecule has 1 fully saturated rings. The Morgan fingerprint density at radius 2 is 2.00 bits per heavy atom. The molecule has 0 atom stereocenters. The van der Waals surface area contributed by atoms with Gasteiger partial charge in [-0.05, 0) is 49.0 Å². The normalized spacial score (nSPS) is 16.8. The molecule has 7 heteroatoms. The summed E-state index contributed by atoms with van der Waals surface area (Å²) in [4.78, 5) is 22.2. The fraction of sp³-hybridized carbons (Fsp3) is 0.333. The number of hydrogen-bond donors (Lipinski definition) is 1. The van der Waals surface area contributed by atoms with E-state index in [-0.39, 0.29) is 5.91 Å². The maximum atomic E-state index is 12.7. The molecule has 1 saturated heterocycles. The molecule has 2 aliphatic heterocycles. The molecule has 0 bridgehead atoms. The number of nitrogens with one attached hydrogen (secondary N) is 1. The monoisotopic (exact) mass is 394 g/mol. The Kier molecular flexibility index (Phi) is 4.41. The highest BCUT2D eigenvalue weighted by atomic mass is 32.1. The first-order chi connectivity index (χ1) is 13.7. The van der Waals surface area contributed by atoms with Crippen LogP contribution < -0.4 is 15.0 Å². The molecule has 0 radical (unpaired) electrons. The zero-order chi connectivity index (χ0) is 19.1. The lowest BCUT2D eigenvalue weighted by molar-refractivity contribution is 0.102. The number of hydrogen-bond acceptors (Lipinski definition) is 6. The van der Waals surface area contributed by atoms with Crippen LogP contribution >= 0.6 is 11.3 Å². The molecule has 3 aromatic rings. The first kappa shape index (κ1) is 17.5. The Balaban J connectivity index is 1.35. The van der Waals surface area contributed by atoms with Gasteiger partial charge in [-0.2, -0.15) is 0 Å². The van der Waals surface area contributed by atoms with Crippen molar-refractivity contribution in [2.75, 3.05) is 50.1 Å². The molecule has 2 aliphatic rings. The van der Waals surface area contributed by atoms with Crippen molar-refractivity contribution in [2.24, 2.45) is 0 Å². The van der Waals surface area contributed by atoms with E-state index >= 15 is 0 Å². The number of aromatic nitrogens is 1. The molecule has 144 valence electrons. The molecule has 1 aromatic heterocycles. The summed E-state index contributed by atoms with van der Waals surface area (Å²) in [7, 11) is 2.15. The fourth-order valence-electron chi connectivity index (χ4n) is 3.66. The van der Waals surface area contributed by atoms with Crippen molar-refractivity contribution in [3.8, 4) is 5.75 Å². The van der Waals surface area contributed by atoms with Gasteiger partial charge in [-0.25, -0.2) is 4.98 Å². The minimum atomic E-state index is -0.116. The molecule has 0 unspecified atom stereocenters. The number of anilines is 2. The first-order valence-corrected chi connectivity index (χ1v) is 10.4. The number of carbonyl (C=O) groups excluding carboxylic acids is 1. The molecule has 0 saturated carbocycles. The number of piperazine rings is 1. The van der Waals surface area contributed by atoms with Gasteiger partial charge in [-0.15, -0.1) is 0 Å². The van der Waals surface area contributed by atoms with Crippen molar-refractivity contribution < 1.29 is 9.53 Å². The van der Waals surface area contributed by atoms with Gasteiger partial charge in [0.2, 0.25) is 0 Å². The van der Waals surface area contributed by atoms with Crippen molar-refractivity contribution >= 4 is 38.3 Å². The zero-order valence-corrected chi connectivity index (χ0v) is 16.6. The SMILES string of the molecule is CN1CCN(c2nc3cc(C(=O)Nc4ccc5c(c4)CCO5)ccc3s2)CC1. The highest BCUT2D eigenvalue weighted by Gasteiger charge is 2.18. The molecular weight excluding hydrogens is 372 g/mol. The third-order valence-electron chi connectivity index (χ3n) is 5.36. The molecule has 2 aromatic carbocycles. The quantitative estimate of drug-likeness (QED) is 0.739. The van der Waals surface area contributed by atoms with Crippen molar-refractivity contribution in [3.05, 3.63) is 47.5 Å². The minimum Gasteiger partial charge on any atom is -0.493 e. The second-order valence-electron chi connectivity index (χ2n) is 7.34. The van der Waals surface area contributed by atoms with Gasteiger partial charge in [0.25, 0.3) is 5.91 Å². The third kappa shape index (κ3) is 3.31. The summed E-state index contributed by atoms with van der Waals surface area (Å²) in [6.07, 6.45) is 0.888. The molecule has 6 nitrogen and oxygen atoms in total. The van der Waals surface area contributed by atoms with Crippen LogP contribution in [0.2, 0.25) is 0 Å². The van der Waals surface area contributed by atoms with Crippen molar-refractivity contribution in [3.63, 3.8) is 0 Å². The summed E-state index contributed by atoms with van der Waals surface area (Å²) in [6.45, 7) is 4.80. The minimum absolute atomic E-state index is 0.116. The van der Waals surface area contributed by atoms with Crippen molar-refractivity contribution in [2.45, 2.75) is 6.42 Å². The summed E-state index contributed by atoms with van der Waals surface area (Å²) in [5.41, 5.74) is 3.45. The smallest absolute Gasteiger partial charge is 0.255 e. The van der Waals surface area contributed by atoms with Crippen LogP contribution in [0.1, 0.15) is 15.9 Å². The van der Waals surface area contributed by atoms with E-state index in [0.29, 0.717) is 12.2 Å². The number of thiazole rings is 1. The van der Waals surface area contributed by atoms with E-state index in [2.05, 4.69) is 22.2 Å². The molecule has 0 aliphatic carbocycles. The topological polar surface area (TPSA) is 57.7 Å².